The number of amides is 1. The van der Waals surface area contributed by atoms with Crippen LogP contribution in [-0.2, 0) is 4.79 Å². The monoisotopic (exact) mass is 249 g/mol. The molecule has 0 aromatic rings. The van der Waals surface area contributed by atoms with Gasteiger partial charge in [0.15, 0.2) is 0 Å². The second kappa shape index (κ2) is 3.61. The predicted molar refractivity (Wildman–Crippen MR) is 38.9 cm³/mol. The molecular weight excluding hydrogens is 243 g/mol. The van der Waals surface area contributed by atoms with Crippen molar-refractivity contribution in [3.05, 3.63) is 0 Å². The molecule has 0 rings (SSSR count). The molecule has 3 nitrogen and oxygen atoms in total. The average Bonchev–Trinajstić information content (AvgIpc) is 1.99. The number of halogens is 4. The van der Waals surface area contributed by atoms with E-state index < -0.39 is 23.0 Å². The molecule has 12 heavy (non-hydrogen) atoms. The topological polar surface area (TPSA) is 49.3 Å². The van der Waals surface area contributed by atoms with Crippen molar-refractivity contribution in [1.82, 2.24) is 5.32 Å². The second-order valence-electron chi connectivity index (χ2n) is 2.07. The van der Waals surface area contributed by atoms with Gasteiger partial charge in [-0.3, -0.25) is 4.79 Å². The summed E-state index contributed by atoms with van der Waals surface area (Å²) in [7, 11) is 1.02. The first-order valence-corrected chi connectivity index (χ1v) is 3.99. The Morgan fingerprint density at radius 3 is 2.08 bits per heavy atom. The van der Waals surface area contributed by atoms with Crippen molar-refractivity contribution in [1.29, 1.82) is 0 Å². The zero-order valence-corrected chi connectivity index (χ0v) is 7.66. The summed E-state index contributed by atoms with van der Waals surface area (Å²) >= 11 is 2.42. The van der Waals surface area contributed by atoms with Crippen LogP contribution in [0.15, 0.2) is 0 Å². The van der Waals surface area contributed by atoms with E-state index in [0.29, 0.717) is 0 Å². The highest BCUT2D eigenvalue weighted by molar-refractivity contribution is 9.09. The minimum Gasteiger partial charge on any atom is -0.372 e. The number of hydrogen-bond acceptors (Lipinski definition) is 2. The molecule has 0 saturated heterocycles. The molecule has 7 heteroatoms. The third-order valence-corrected chi connectivity index (χ3v) is 2.08. The Morgan fingerprint density at radius 2 is 2.00 bits per heavy atom. The minimum atomic E-state index is -4.98. The molecule has 0 bridgehead atoms. The van der Waals surface area contributed by atoms with E-state index in [2.05, 4.69) is 15.9 Å². The van der Waals surface area contributed by atoms with Crippen LogP contribution in [0.3, 0.4) is 0 Å². The van der Waals surface area contributed by atoms with Crippen molar-refractivity contribution in [2.45, 2.75) is 11.8 Å². The van der Waals surface area contributed by atoms with Crippen LogP contribution in [0.25, 0.3) is 0 Å². The number of aliphatic hydroxyl groups is 1. The van der Waals surface area contributed by atoms with E-state index in [1.165, 1.54) is 0 Å². The summed E-state index contributed by atoms with van der Waals surface area (Å²) in [5, 5.41) is 9.68. The second-order valence-corrected chi connectivity index (χ2v) is 2.63. The van der Waals surface area contributed by atoms with Crippen LogP contribution >= 0.6 is 15.9 Å². The fourth-order valence-electron chi connectivity index (χ4n) is 0.472. The maximum Gasteiger partial charge on any atom is 0.427 e. The summed E-state index contributed by atoms with van der Waals surface area (Å²) in [6, 6.07) is 0. The summed E-state index contributed by atoms with van der Waals surface area (Å²) in [5.41, 5.74) is -3.35. The van der Waals surface area contributed by atoms with E-state index in [1.807, 2.05) is 0 Å². The standard InChI is InChI=1S/C5H7BrF3NO2/c1-10-3(11)4(12,2-6)5(7,8)9/h12H,2H2,1H3,(H,10,11). The van der Waals surface area contributed by atoms with Crippen LogP contribution in [0.5, 0.6) is 0 Å². The molecule has 1 atom stereocenters. The first-order valence-electron chi connectivity index (χ1n) is 2.87. The lowest BCUT2D eigenvalue weighted by molar-refractivity contribution is -0.242. The molecule has 0 aromatic carbocycles. The molecule has 0 fully saturated rings. The SMILES string of the molecule is CNC(=O)C(O)(CBr)C(F)(F)F. The van der Waals surface area contributed by atoms with Gasteiger partial charge in [0.2, 0.25) is 5.60 Å². The van der Waals surface area contributed by atoms with Crippen LogP contribution in [-0.4, -0.2) is 35.2 Å². The molecule has 0 spiro atoms. The van der Waals surface area contributed by atoms with Gasteiger partial charge < -0.3 is 10.4 Å². The van der Waals surface area contributed by atoms with E-state index >= 15 is 0 Å². The highest BCUT2D eigenvalue weighted by Crippen LogP contribution is 2.31. The Labute approximate surface area is 75.1 Å². The van der Waals surface area contributed by atoms with Gasteiger partial charge in [0.1, 0.15) is 0 Å². The summed E-state index contributed by atoms with van der Waals surface area (Å²) in [4.78, 5) is 10.6. The molecule has 0 aliphatic carbocycles. The third kappa shape index (κ3) is 1.89. The molecule has 72 valence electrons. The smallest absolute Gasteiger partial charge is 0.372 e. The molecule has 1 amide bonds. The Balaban J connectivity index is 4.80. The summed E-state index contributed by atoms with van der Waals surface area (Å²) in [6.45, 7) is 0. The third-order valence-electron chi connectivity index (χ3n) is 1.27. The highest BCUT2D eigenvalue weighted by atomic mass is 79.9. The molecule has 2 N–H and O–H groups in total. The lowest BCUT2D eigenvalue weighted by Gasteiger charge is -2.26. The Morgan fingerprint density at radius 1 is 1.58 bits per heavy atom. The molecule has 0 aliphatic rings. The fourth-order valence-corrected chi connectivity index (χ4v) is 1.04. The van der Waals surface area contributed by atoms with Gasteiger partial charge in [-0.2, -0.15) is 13.2 Å². The van der Waals surface area contributed by atoms with Crippen LogP contribution in [0.2, 0.25) is 0 Å². The summed E-state index contributed by atoms with van der Waals surface area (Å²) in [5.74, 6) is -1.48. The molecular formula is C5H7BrF3NO2. The van der Waals surface area contributed by atoms with E-state index in [4.69, 9.17) is 5.11 Å². The van der Waals surface area contributed by atoms with Gasteiger partial charge in [0.25, 0.3) is 5.91 Å². The molecule has 0 aromatic heterocycles. The summed E-state index contributed by atoms with van der Waals surface area (Å²) < 4.78 is 36.0. The maximum atomic E-state index is 12.0. The highest BCUT2D eigenvalue weighted by Gasteiger charge is 2.58. The lowest BCUT2D eigenvalue weighted by atomic mass is 10.1. The van der Waals surface area contributed by atoms with Crippen molar-refractivity contribution in [3.63, 3.8) is 0 Å². The van der Waals surface area contributed by atoms with Crippen molar-refractivity contribution in [2.24, 2.45) is 0 Å². The number of alkyl halides is 4. The Bertz CT molecular complexity index is 184. The predicted octanol–water partition coefficient (Wildman–Crippen LogP) is 0.421. The Kier molecular flexibility index (Phi) is 3.52. The van der Waals surface area contributed by atoms with E-state index in [0.717, 1.165) is 7.05 Å². The van der Waals surface area contributed by atoms with Gasteiger partial charge in [0.05, 0.1) is 5.33 Å². The van der Waals surface area contributed by atoms with Crippen LogP contribution in [0.4, 0.5) is 13.2 Å². The van der Waals surface area contributed by atoms with Gasteiger partial charge in [0, 0.05) is 7.05 Å². The number of carbonyl (C=O) groups is 1. The van der Waals surface area contributed by atoms with Crippen LogP contribution in [0.1, 0.15) is 0 Å². The minimum absolute atomic E-state index is 0.886. The van der Waals surface area contributed by atoms with Gasteiger partial charge in [-0.25, -0.2) is 0 Å². The first kappa shape index (κ1) is 11.7. The number of nitrogens with one attached hydrogen (secondary N) is 1. The molecule has 0 saturated carbocycles. The van der Waals surface area contributed by atoms with E-state index in [-0.39, 0.29) is 0 Å². The average molecular weight is 250 g/mol. The lowest BCUT2D eigenvalue weighted by Crippen LogP contribution is -2.57. The number of likely N-dealkylation sites (N-methyl/N-ethyl adjacent to an activating group) is 1. The van der Waals surface area contributed by atoms with Crippen molar-refractivity contribution < 1.29 is 23.1 Å². The number of carbonyl (C=O) groups excluding carboxylic acids is 1. The van der Waals surface area contributed by atoms with Gasteiger partial charge >= 0.3 is 6.18 Å². The van der Waals surface area contributed by atoms with Gasteiger partial charge in [-0.1, -0.05) is 15.9 Å². The summed E-state index contributed by atoms with van der Waals surface area (Å²) in [6.07, 6.45) is -4.98. The molecule has 1 unspecified atom stereocenters. The fraction of sp³-hybridized carbons (Fsp3) is 0.800. The zero-order valence-electron chi connectivity index (χ0n) is 6.07. The van der Waals surface area contributed by atoms with E-state index in [1.54, 1.807) is 5.32 Å². The Hall–Kier alpha value is -0.300. The quantitative estimate of drug-likeness (QED) is 0.698. The van der Waals surface area contributed by atoms with Crippen LogP contribution in [0, 0.1) is 0 Å². The normalized spacial score (nSPS) is 16.8. The largest absolute Gasteiger partial charge is 0.427 e. The maximum absolute atomic E-state index is 12.0. The first-order chi connectivity index (χ1) is 5.29. The van der Waals surface area contributed by atoms with Gasteiger partial charge in [-0.15, -0.1) is 0 Å². The zero-order chi connectivity index (χ0) is 9.99. The van der Waals surface area contributed by atoms with Crippen molar-refractivity contribution in [3.8, 4) is 0 Å². The molecule has 0 heterocycles. The van der Waals surface area contributed by atoms with E-state index in [9.17, 15) is 18.0 Å². The molecule has 0 aliphatic heterocycles. The van der Waals surface area contributed by atoms with Gasteiger partial charge in [-0.05, 0) is 0 Å². The molecule has 0 radical (unpaired) electrons. The van der Waals surface area contributed by atoms with Crippen molar-refractivity contribution >= 4 is 21.8 Å². The van der Waals surface area contributed by atoms with Crippen LogP contribution < -0.4 is 5.32 Å². The number of hydrogen-bond donors (Lipinski definition) is 2. The van der Waals surface area contributed by atoms with Crippen molar-refractivity contribution in [2.75, 3.05) is 12.4 Å². The number of rotatable bonds is 2.